The van der Waals surface area contributed by atoms with Crippen LogP contribution in [0.25, 0.3) is 0 Å². The van der Waals surface area contributed by atoms with E-state index in [1.807, 2.05) is 0 Å². The average molecular weight is 292 g/mol. The Morgan fingerprint density at radius 2 is 1.26 bits per heavy atom. The van der Waals surface area contributed by atoms with Crippen molar-refractivity contribution in [3.05, 3.63) is 0 Å². The van der Waals surface area contributed by atoms with Crippen molar-refractivity contribution in [3.8, 4) is 0 Å². The summed E-state index contributed by atoms with van der Waals surface area (Å²) in [4.78, 5) is 0. The molecule has 0 atom stereocenters. The molecule has 5 heteroatoms. The summed E-state index contributed by atoms with van der Waals surface area (Å²) in [6, 6.07) is 0.868. The fraction of sp³-hybridized carbons (Fsp3) is 1.00. The van der Waals surface area contributed by atoms with Gasteiger partial charge in [0.2, 0.25) is 0 Å². The van der Waals surface area contributed by atoms with Crippen LogP contribution in [0.1, 0.15) is 64.7 Å². The highest BCUT2D eigenvalue weighted by Crippen LogP contribution is 2.18. The van der Waals surface area contributed by atoms with Crippen LogP contribution in [0.2, 0.25) is 6.04 Å². The van der Waals surface area contributed by atoms with Gasteiger partial charge in [-0.15, -0.1) is 0 Å². The summed E-state index contributed by atoms with van der Waals surface area (Å²) in [6.07, 6.45) is 11.8. The molecule has 0 spiro atoms. The summed E-state index contributed by atoms with van der Waals surface area (Å²) in [7, 11) is 0.849. The van der Waals surface area contributed by atoms with Gasteiger partial charge >= 0.3 is 8.80 Å². The Kier molecular flexibility index (Phi) is 13.1. The van der Waals surface area contributed by atoms with Crippen molar-refractivity contribution >= 4 is 8.80 Å². The number of hydrogen-bond acceptors (Lipinski definition) is 4. The fourth-order valence-corrected chi connectivity index (χ4v) is 4.15. The topological polar surface area (TPSA) is 53.7 Å². The van der Waals surface area contributed by atoms with Gasteiger partial charge in [-0.05, 0) is 6.42 Å². The molecule has 4 nitrogen and oxygen atoms in total. The quantitative estimate of drug-likeness (QED) is 0.301. The van der Waals surface area contributed by atoms with Crippen LogP contribution < -0.4 is 5.73 Å². The predicted molar refractivity (Wildman–Crippen MR) is 81.9 cm³/mol. The Morgan fingerprint density at radius 3 is 1.68 bits per heavy atom. The van der Waals surface area contributed by atoms with E-state index in [4.69, 9.17) is 19.0 Å². The zero-order valence-electron chi connectivity index (χ0n) is 13.1. The van der Waals surface area contributed by atoms with Crippen molar-refractivity contribution in [1.82, 2.24) is 0 Å². The zero-order chi connectivity index (χ0) is 14.4. The van der Waals surface area contributed by atoms with Crippen molar-refractivity contribution in [2.75, 3.05) is 21.0 Å². The molecule has 0 saturated carbocycles. The molecule has 0 bridgehead atoms. The first-order valence-corrected chi connectivity index (χ1v) is 9.62. The van der Waals surface area contributed by atoms with Gasteiger partial charge in [0.15, 0.2) is 0 Å². The Hall–Kier alpha value is 0.0569. The lowest BCUT2D eigenvalue weighted by Gasteiger charge is -2.25. The first kappa shape index (κ1) is 19.1. The van der Waals surface area contributed by atoms with Gasteiger partial charge in [-0.1, -0.05) is 58.3 Å². The van der Waals surface area contributed by atoms with E-state index in [-0.39, 0.29) is 6.73 Å². The highest BCUT2D eigenvalue weighted by atomic mass is 28.4. The molecule has 0 unspecified atom stereocenters. The molecule has 0 aliphatic heterocycles. The van der Waals surface area contributed by atoms with Gasteiger partial charge in [0, 0.05) is 20.3 Å². The van der Waals surface area contributed by atoms with E-state index < -0.39 is 8.80 Å². The van der Waals surface area contributed by atoms with Gasteiger partial charge in [0.05, 0.1) is 6.73 Å². The van der Waals surface area contributed by atoms with E-state index in [0.717, 1.165) is 12.5 Å². The van der Waals surface area contributed by atoms with E-state index in [2.05, 4.69) is 6.92 Å². The van der Waals surface area contributed by atoms with Crippen molar-refractivity contribution in [2.45, 2.75) is 70.8 Å². The van der Waals surface area contributed by atoms with Gasteiger partial charge in [-0.25, -0.2) is 0 Å². The monoisotopic (exact) mass is 291 g/mol. The SMILES string of the molecule is CCCCCCCCCCC[Si](OC)(OC)OCN. The number of nitrogens with two attached hydrogens (primary N) is 1. The summed E-state index contributed by atoms with van der Waals surface area (Å²) >= 11 is 0. The lowest BCUT2D eigenvalue weighted by molar-refractivity contribution is 0.100. The van der Waals surface area contributed by atoms with Gasteiger partial charge in [0.1, 0.15) is 0 Å². The molecule has 2 N–H and O–H groups in total. The van der Waals surface area contributed by atoms with E-state index in [9.17, 15) is 0 Å². The van der Waals surface area contributed by atoms with Crippen LogP contribution in [-0.4, -0.2) is 29.8 Å². The molecule has 0 heterocycles. The summed E-state index contributed by atoms with van der Waals surface area (Å²) in [5.41, 5.74) is 5.43. The van der Waals surface area contributed by atoms with Crippen LogP contribution in [0.3, 0.4) is 0 Å². The number of hydrogen-bond donors (Lipinski definition) is 1. The summed E-state index contributed by atoms with van der Waals surface area (Å²) < 4.78 is 16.3. The first-order chi connectivity index (χ1) is 9.24. The smallest absolute Gasteiger partial charge is 0.377 e. The lowest BCUT2D eigenvalue weighted by atomic mass is 10.1. The van der Waals surface area contributed by atoms with Crippen molar-refractivity contribution < 1.29 is 13.3 Å². The molecule has 0 radical (unpaired) electrons. The lowest BCUT2D eigenvalue weighted by Crippen LogP contribution is -2.45. The number of unbranched alkanes of at least 4 members (excludes halogenated alkanes) is 8. The minimum atomic E-state index is -2.45. The molecule has 0 saturated heterocycles. The molecule has 0 aliphatic rings. The zero-order valence-corrected chi connectivity index (χ0v) is 14.1. The second-order valence-electron chi connectivity index (χ2n) is 4.98. The van der Waals surface area contributed by atoms with Crippen molar-refractivity contribution in [2.24, 2.45) is 5.73 Å². The second-order valence-corrected chi connectivity index (χ2v) is 7.95. The predicted octanol–water partition coefficient (Wildman–Crippen LogP) is 3.68. The van der Waals surface area contributed by atoms with Crippen LogP contribution in [0.4, 0.5) is 0 Å². The molecule has 0 aromatic rings. The van der Waals surface area contributed by atoms with Crippen LogP contribution in [-0.2, 0) is 13.3 Å². The maximum Gasteiger partial charge on any atom is 0.501 e. The van der Waals surface area contributed by atoms with E-state index in [0.29, 0.717) is 0 Å². The summed E-state index contributed by atoms with van der Waals surface area (Å²) in [5.74, 6) is 0. The fourth-order valence-electron chi connectivity index (χ4n) is 2.26. The highest BCUT2D eigenvalue weighted by molar-refractivity contribution is 6.60. The normalized spacial score (nSPS) is 12.0. The van der Waals surface area contributed by atoms with E-state index in [1.165, 1.54) is 51.4 Å². The third kappa shape index (κ3) is 9.57. The molecule has 0 aromatic carbocycles. The second kappa shape index (κ2) is 13.1. The van der Waals surface area contributed by atoms with Gasteiger partial charge in [0.25, 0.3) is 0 Å². The molecule has 0 rings (SSSR count). The number of rotatable bonds is 14. The third-order valence-corrected chi connectivity index (χ3v) is 6.33. The molecule has 0 aromatic heterocycles. The highest BCUT2D eigenvalue weighted by Gasteiger charge is 2.37. The molecule has 19 heavy (non-hydrogen) atoms. The van der Waals surface area contributed by atoms with Gasteiger partial charge in [-0.3, -0.25) is 0 Å². The molecular formula is C14H33NO3Si. The van der Waals surface area contributed by atoms with Crippen LogP contribution >= 0.6 is 0 Å². The van der Waals surface area contributed by atoms with E-state index >= 15 is 0 Å². The molecule has 0 aliphatic carbocycles. The van der Waals surface area contributed by atoms with Crippen LogP contribution in [0.5, 0.6) is 0 Å². The average Bonchev–Trinajstić information content (AvgIpc) is 2.44. The Morgan fingerprint density at radius 1 is 0.789 bits per heavy atom. The van der Waals surface area contributed by atoms with Crippen LogP contribution in [0.15, 0.2) is 0 Å². The van der Waals surface area contributed by atoms with Crippen molar-refractivity contribution in [1.29, 1.82) is 0 Å². The van der Waals surface area contributed by atoms with Crippen LogP contribution in [0, 0.1) is 0 Å². The summed E-state index contributed by atoms with van der Waals surface area (Å²) in [6.45, 7) is 2.43. The molecular weight excluding hydrogens is 258 g/mol. The Bertz CT molecular complexity index is 190. The Balaban J connectivity index is 3.50. The van der Waals surface area contributed by atoms with Crippen molar-refractivity contribution in [3.63, 3.8) is 0 Å². The maximum absolute atomic E-state index is 5.47. The Labute approximate surface area is 120 Å². The molecule has 0 fully saturated rings. The molecule has 116 valence electrons. The summed E-state index contributed by atoms with van der Waals surface area (Å²) in [5, 5.41) is 0. The van der Waals surface area contributed by atoms with Gasteiger partial charge < -0.3 is 19.0 Å². The molecule has 0 amide bonds. The minimum absolute atomic E-state index is 0.172. The van der Waals surface area contributed by atoms with Gasteiger partial charge in [-0.2, -0.15) is 0 Å². The standard InChI is InChI=1S/C14H33NO3Si/c1-4-5-6-7-8-9-10-11-12-13-19(16-2,17-3)18-14-15/h4-15H2,1-3H3. The third-order valence-electron chi connectivity index (χ3n) is 3.51. The maximum atomic E-state index is 5.47. The minimum Gasteiger partial charge on any atom is -0.377 e. The van der Waals surface area contributed by atoms with E-state index in [1.54, 1.807) is 14.2 Å². The largest absolute Gasteiger partial charge is 0.501 e. The first-order valence-electron chi connectivity index (χ1n) is 7.69.